The molecule has 6 nitrogen and oxygen atoms in total. The summed E-state index contributed by atoms with van der Waals surface area (Å²) in [5, 5.41) is 4.11. The van der Waals surface area contributed by atoms with Crippen molar-refractivity contribution in [2.45, 2.75) is 13.0 Å². The summed E-state index contributed by atoms with van der Waals surface area (Å²) in [6, 6.07) is 0.615. The van der Waals surface area contributed by atoms with Crippen molar-refractivity contribution in [2.75, 3.05) is 5.73 Å². The van der Waals surface area contributed by atoms with E-state index in [2.05, 4.69) is 10.1 Å². The highest BCUT2D eigenvalue weighted by atomic mass is 35.5. The number of benzene rings is 1. The summed E-state index contributed by atoms with van der Waals surface area (Å²) in [4.78, 5) is 4.15. The van der Waals surface area contributed by atoms with Crippen molar-refractivity contribution in [3.63, 3.8) is 0 Å². The van der Waals surface area contributed by atoms with E-state index in [1.165, 1.54) is 13.2 Å². The molecule has 29 heavy (non-hydrogen) atoms. The number of hydrogen-bond acceptors (Lipinski definition) is 5. The number of nitrogen functional groups attached to an aromatic ring is 1. The molecule has 0 radical (unpaired) electrons. The molecular formula is C19H14Cl2F2N4O2. The van der Waals surface area contributed by atoms with Crippen molar-refractivity contribution < 1.29 is 17.9 Å². The summed E-state index contributed by atoms with van der Waals surface area (Å²) in [5.41, 5.74) is 7.82. The first-order chi connectivity index (χ1) is 13.8. The van der Waals surface area contributed by atoms with Crippen LogP contribution in [0.15, 0.2) is 35.3 Å². The molecule has 0 aliphatic carbocycles. The van der Waals surface area contributed by atoms with Crippen LogP contribution in [-0.4, -0.2) is 14.8 Å². The van der Waals surface area contributed by atoms with Crippen molar-refractivity contribution in [3.05, 3.63) is 58.2 Å². The van der Waals surface area contributed by atoms with Crippen LogP contribution in [0.5, 0.6) is 5.75 Å². The average Bonchev–Trinajstić information content (AvgIpc) is 3.28. The van der Waals surface area contributed by atoms with E-state index >= 15 is 0 Å². The van der Waals surface area contributed by atoms with Gasteiger partial charge in [0.2, 0.25) is 5.75 Å². The van der Waals surface area contributed by atoms with Crippen LogP contribution < -0.4 is 10.5 Å². The number of furan rings is 1. The third-order valence-electron chi connectivity index (χ3n) is 4.46. The van der Waals surface area contributed by atoms with Gasteiger partial charge in [0, 0.05) is 42.2 Å². The molecule has 0 amide bonds. The Bertz CT molecular complexity index is 1210. The van der Waals surface area contributed by atoms with Gasteiger partial charge in [0.15, 0.2) is 11.4 Å². The first-order valence-electron chi connectivity index (χ1n) is 8.42. The third kappa shape index (κ3) is 3.28. The minimum absolute atomic E-state index is 0.0405. The number of rotatable bonds is 4. The second-order valence-electron chi connectivity index (χ2n) is 6.41. The fourth-order valence-electron chi connectivity index (χ4n) is 3.06. The second kappa shape index (κ2) is 7.20. The van der Waals surface area contributed by atoms with Gasteiger partial charge in [-0.15, -0.1) is 0 Å². The fourth-order valence-corrected chi connectivity index (χ4v) is 3.72. The number of aryl methyl sites for hydroxylation is 1. The Morgan fingerprint density at radius 3 is 2.52 bits per heavy atom. The van der Waals surface area contributed by atoms with Crippen molar-refractivity contribution in [1.29, 1.82) is 0 Å². The minimum Gasteiger partial charge on any atom is -0.478 e. The molecule has 1 atom stereocenters. The molecule has 0 aliphatic rings. The van der Waals surface area contributed by atoms with Gasteiger partial charge in [-0.1, -0.05) is 23.2 Å². The van der Waals surface area contributed by atoms with Gasteiger partial charge in [0.25, 0.3) is 0 Å². The summed E-state index contributed by atoms with van der Waals surface area (Å²) in [7, 11) is 1.80. The molecule has 3 heterocycles. The van der Waals surface area contributed by atoms with Crippen LogP contribution >= 0.6 is 23.2 Å². The Hall–Kier alpha value is -2.84. The zero-order chi connectivity index (χ0) is 20.9. The Labute approximate surface area is 173 Å². The number of pyridine rings is 1. The standard InChI is InChI=1S/C19H14Cl2F2N4O2/c1-8(14-15(20)12(22)3-13(23)16(14)21)29-18-17-10(5-25-19(18)24)11(7-28-17)9-4-26-27(2)6-9/h3-8H,1-2H3,(H2,24,25)/t8-/m1/s1. The molecule has 0 spiro atoms. The maximum atomic E-state index is 13.9. The van der Waals surface area contributed by atoms with E-state index in [4.69, 9.17) is 38.1 Å². The average molecular weight is 439 g/mol. The molecule has 4 rings (SSSR count). The summed E-state index contributed by atoms with van der Waals surface area (Å²) in [6.07, 6.45) is 5.64. The van der Waals surface area contributed by atoms with Gasteiger partial charge < -0.3 is 14.9 Å². The number of fused-ring (bicyclic) bond motifs is 1. The zero-order valence-electron chi connectivity index (χ0n) is 15.2. The van der Waals surface area contributed by atoms with Gasteiger partial charge in [0.1, 0.15) is 24.0 Å². The van der Waals surface area contributed by atoms with Crippen LogP contribution in [0.2, 0.25) is 10.0 Å². The Morgan fingerprint density at radius 1 is 1.21 bits per heavy atom. The van der Waals surface area contributed by atoms with E-state index in [1.807, 2.05) is 6.20 Å². The second-order valence-corrected chi connectivity index (χ2v) is 7.17. The lowest BCUT2D eigenvalue weighted by atomic mass is 10.1. The van der Waals surface area contributed by atoms with Crippen LogP contribution in [0.3, 0.4) is 0 Å². The van der Waals surface area contributed by atoms with Crippen molar-refractivity contribution in [3.8, 4) is 16.9 Å². The van der Waals surface area contributed by atoms with Crippen LogP contribution in [0.1, 0.15) is 18.6 Å². The lowest BCUT2D eigenvalue weighted by Crippen LogP contribution is -2.09. The highest BCUT2D eigenvalue weighted by molar-refractivity contribution is 6.36. The molecule has 4 aromatic rings. The number of hydrogen-bond donors (Lipinski definition) is 1. The maximum absolute atomic E-state index is 13.9. The number of anilines is 1. The molecule has 1 aromatic carbocycles. The smallest absolute Gasteiger partial charge is 0.205 e. The number of nitrogens with two attached hydrogens (primary N) is 1. The summed E-state index contributed by atoms with van der Waals surface area (Å²) >= 11 is 12.0. The molecule has 0 saturated heterocycles. The predicted octanol–water partition coefficient (Wildman–Crippen LogP) is 5.54. The number of ether oxygens (including phenoxy) is 1. The van der Waals surface area contributed by atoms with E-state index in [1.54, 1.807) is 24.1 Å². The molecule has 0 fully saturated rings. The Kier molecular flexibility index (Phi) is 4.84. The van der Waals surface area contributed by atoms with Crippen LogP contribution in [0.4, 0.5) is 14.6 Å². The SMILES string of the molecule is C[C@@H](Oc1c(N)ncc2c(-c3cnn(C)c3)coc12)c1c(Cl)c(F)cc(F)c1Cl. The lowest BCUT2D eigenvalue weighted by molar-refractivity contribution is 0.227. The predicted molar refractivity (Wildman–Crippen MR) is 106 cm³/mol. The molecular weight excluding hydrogens is 425 g/mol. The van der Waals surface area contributed by atoms with Crippen LogP contribution in [-0.2, 0) is 7.05 Å². The van der Waals surface area contributed by atoms with E-state index in [-0.39, 0.29) is 27.2 Å². The quantitative estimate of drug-likeness (QED) is 0.423. The third-order valence-corrected chi connectivity index (χ3v) is 5.23. The normalized spacial score (nSPS) is 12.5. The lowest BCUT2D eigenvalue weighted by Gasteiger charge is -2.19. The zero-order valence-corrected chi connectivity index (χ0v) is 16.7. The van der Waals surface area contributed by atoms with E-state index < -0.39 is 17.7 Å². The molecule has 0 bridgehead atoms. The number of halogens is 4. The van der Waals surface area contributed by atoms with Crippen molar-refractivity contribution in [1.82, 2.24) is 14.8 Å². The topological polar surface area (TPSA) is 79.1 Å². The first kappa shape index (κ1) is 19.5. The number of nitrogens with zero attached hydrogens (tertiary/aromatic N) is 3. The van der Waals surface area contributed by atoms with Gasteiger partial charge in [-0.3, -0.25) is 4.68 Å². The molecule has 0 saturated carbocycles. The molecule has 3 aromatic heterocycles. The number of aromatic nitrogens is 3. The summed E-state index contributed by atoms with van der Waals surface area (Å²) in [5.74, 6) is -1.73. The van der Waals surface area contributed by atoms with E-state index in [9.17, 15) is 8.78 Å². The van der Waals surface area contributed by atoms with Gasteiger partial charge in [0.05, 0.1) is 21.6 Å². The highest BCUT2D eigenvalue weighted by Gasteiger charge is 2.25. The van der Waals surface area contributed by atoms with Crippen LogP contribution in [0.25, 0.3) is 22.1 Å². The molecule has 10 heteroatoms. The monoisotopic (exact) mass is 438 g/mol. The maximum Gasteiger partial charge on any atom is 0.205 e. The largest absolute Gasteiger partial charge is 0.478 e. The summed E-state index contributed by atoms with van der Waals surface area (Å²) in [6.45, 7) is 1.54. The van der Waals surface area contributed by atoms with Gasteiger partial charge in [-0.25, -0.2) is 13.8 Å². The van der Waals surface area contributed by atoms with Gasteiger partial charge in [-0.2, -0.15) is 5.10 Å². The van der Waals surface area contributed by atoms with E-state index in [0.717, 1.165) is 11.1 Å². The van der Waals surface area contributed by atoms with E-state index in [0.29, 0.717) is 17.0 Å². The fraction of sp³-hybridized carbons (Fsp3) is 0.158. The minimum atomic E-state index is -0.944. The Morgan fingerprint density at radius 2 is 1.90 bits per heavy atom. The molecule has 0 unspecified atom stereocenters. The van der Waals surface area contributed by atoms with Crippen LogP contribution in [0, 0.1) is 11.6 Å². The highest BCUT2D eigenvalue weighted by Crippen LogP contribution is 2.42. The molecule has 150 valence electrons. The Balaban J connectivity index is 1.79. The van der Waals surface area contributed by atoms with Gasteiger partial charge in [-0.05, 0) is 6.92 Å². The van der Waals surface area contributed by atoms with Gasteiger partial charge >= 0.3 is 0 Å². The molecule has 0 aliphatic heterocycles. The summed E-state index contributed by atoms with van der Waals surface area (Å²) < 4.78 is 41.0. The molecule has 2 N–H and O–H groups in total. The van der Waals surface area contributed by atoms with Crippen molar-refractivity contribution >= 4 is 40.0 Å². The van der Waals surface area contributed by atoms with Crippen molar-refractivity contribution in [2.24, 2.45) is 7.05 Å². The first-order valence-corrected chi connectivity index (χ1v) is 9.17.